The van der Waals surface area contributed by atoms with Gasteiger partial charge in [-0.2, -0.15) is 5.10 Å². The molecule has 5 nitrogen and oxygen atoms in total. The average Bonchev–Trinajstić information content (AvgIpc) is 2.68. The van der Waals surface area contributed by atoms with Crippen molar-refractivity contribution in [1.82, 2.24) is 5.43 Å². The van der Waals surface area contributed by atoms with Crippen molar-refractivity contribution in [3.05, 3.63) is 57.6 Å². The number of nitrogens with zero attached hydrogens (tertiary/aromatic N) is 1. The van der Waals surface area contributed by atoms with Gasteiger partial charge in [0.1, 0.15) is 11.5 Å². The molecule has 2 aromatic carbocycles. The molecule has 6 heteroatoms. The molecule has 1 aliphatic rings. The van der Waals surface area contributed by atoms with Crippen molar-refractivity contribution in [1.29, 1.82) is 0 Å². The highest BCUT2D eigenvalue weighted by Gasteiger charge is 2.16. The lowest BCUT2D eigenvalue weighted by Crippen LogP contribution is -2.24. The van der Waals surface area contributed by atoms with Crippen LogP contribution in [0, 0.1) is 0 Å². The van der Waals surface area contributed by atoms with Crippen molar-refractivity contribution in [3.63, 3.8) is 0 Å². The van der Waals surface area contributed by atoms with E-state index in [9.17, 15) is 4.79 Å². The third-order valence-corrected chi connectivity index (χ3v) is 5.17. The van der Waals surface area contributed by atoms with Gasteiger partial charge in [-0.15, -0.1) is 0 Å². The molecule has 1 amide bonds. The van der Waals surface area contributed by atoms with Crippen LogP contribution in [0.2, 0.25) is 0 Å². The summed E-state index contributed by atoms with van der Waals surface area (Å²) in [5, 5.41) is 3.94. The first-order valence-electron chi connectivity index (χ1n) is 8.56. The van der Waals surface area contributed by atoms with Crippen molar-refractivity contribution in [2.45, 2.75) is 25.7 Å². The molecule has 0 aliphatic heterocycles. The summed E-state index contributed by atoms with van der Waals surface area (Å²) >= 11 is 3.62. The van der Waals surface area contributed by atoms with Gasteiger partial charge in [0.05, 0.1) is 17.8 Å². The predicted molar refractivity (Wildman–Crippen MR) is 105 cm³/mol. The number of hydrogen-bond acceptors (Lipinski definition) is 4. The Morgan fingerprint density at radius 1 is 1.19 bits per heavy atom. The summed E-state index contributed by atoms with van der Waals surface area (Å²) in [5.74, 6) is 1.16. The van der Waals surface area contributed by atoms with Gasteiger partial charge in [-0.3, -0.25) is 4.79 Å². The first-order valence-corrected chi connectivity index (χ1v) is 9.35. The largest absolute Gasteiger partial charge is 0.497 e. The number of aryl methyl sites for hydroxylation is 1. The molecule has 136 valence electrons. The lowest BCUT2D eigenvalue weighted by molar-refractivity contribution is -0.123. The minimum Gasteiger partial charge on any atom is -0.497 e. The Labute approximate surface area is 161 Å². The lowest BCUT2D eigenvalue weighted by atomic mass is 9.92. The highest BCUT2D eigenvalue weighted by atomic mass is 79.9. The van der Waals surface area contributed by atoms with Gasteiger partial charge in [-0.25, -0.2) is 5.43 Å². The summed E-state index contributed by atoms with van der Waals surface area (Å²) in [6.07, 6.45) is 6.15. The number of benzene rings is 2. The van der Waals surface area contributed by atoms with E-state index in [0.717, 1.165) is 28.6 Å². The van der Waals surface area contributed by atoms with E-state index in [1.165, 1.54) is 24.0 Å². The van der Waals surface area contributed by atoms with Gasteiger partial charge in [-0.05, 0) is 88.6 Å². The Morgan fingerprint density at radius 3 is 2.73 bits per heavy atom. The molecular formula is C20H21BrN2O3. The molecule has 3 rings (SSSR count). The Bertz CT molecular complexity index is 803. The van der Waals surface area contributed by atoms with Gasteiger partial charge in [-0.1, -0.05) is 6.07 Å². The first kappa shape index (κ1) is 18.5. The van der Waals surface area contributed by atoms with Crippen LogP contribution in [0.4, 0.5) is 0 Å². The van der Waals surface area contributed by atoms with Crippen LogP contribution in [0.15, 0.2) is 46.0 Å². The number of nitrogens with one attached hydrogen (secondary N) is 1. The SMILES string of the molecule is COc1ccc(/C=N\NC(=O)COc2ccc3c(c2Br)CCCC3)cc1. The van der Waals surface area contributed by atoms with Crippen LogP contribution in [0.1, 0.15) is 29.5 Å². The molecule has 0 saturated heterocycles. The molecular weight excluding hydrogens is 396 g/mol. The maximum Gasteiger partial charge on any atom is 0.277 e. The highest BCUT2D eigenvalue weighted by Crippen LogP contribution is 2.35. The van der Waals surface area contributed by atoms with E-state index in [2.05, 4.69) is 32.5 Å². The smallest absolute Gasteiger partial charge is 0.277 e. The Morgan fingerprint density at radius 2 is 1.96 bits per heavy atom. The Kier molecular flexibility index (Phi) is 6.28. The third kappa shape index (κ3) is 4.64. The minimum absolute atomic E-state index is 0.0860. The van der Waals surface area contributed by atoms with Crippen molar-refractivity contribution < 1.29 is 14.3 Å². The van der Waals surface area contributed by atoms with E-state index in [4.69, 9.17) is 9.47 Å². The summed E-state index contributed by atoms with van der Waals surface area (Å²) in [6, 6.07) is 11.4. The Hall–Kier alpha value is -2.34. The number of carbonyl (C=O) groups excluding carboxylic acids is 1. The van der Waals surface area contributed by atoms with Crippen LogP contribution in [-0.4, -0.2) is 25.8 Å². The van der Waals surface area contributed by atoms with Gasteiger partial charge in [0.2, 0.25) is 0 Å². The van der Waals surface area contributed by atoms with Gasteiger partial charge in [0.15, 0.2) is 6.61 Å². The number of ether oxygens (including phenoxy) is 2. The first-order chi connectivity index (χ1) is 12.7. The summed E-state index contributed by atoms with van der Waals surface area (Å²) in [4.78, 5) is 11.9. The molecule has 0 bridgehead atoms. The zero-order valence-corrected chi connectivity index (χ0v) is 16.2. The quantitative estimate of drug-likeness (QED) is 0.574. The molecule has 0 fully saturated rings. The zero-order chi connectivity index (χ0) is 18.4. The molecule has 0 spiro atoms. The average molecular weight is 417 g/mol. The summed E-state index contributed by atoms with van der Waals surface area (Å²) in [6.45, 7) is -0.0860. The minimum atomic E-state index is -0.306. The molecule has 2 aromatic rings. The van der Waals surface area contributed by atoms with Crippen LogP contribution in [0.3, 0.4) is 0 Å². The van der Waals surface area contributed by atoms with Crippen molar-refractivity contribution in [2.24, 2.45) is 5.10 Å². The monoisotopic (exact) mass is 416 g/mol. The van der Waals surface area contributed by atoms with Gasteiger partial charge >= 0.3 is 0 Å². The maximum atomic E-state index is 11.9. The molecule has 1 aliphatic carbocycles. The second-order valence-electron chi connectivity index (χ2n) is 6.08. The summed E-state index contributed by atoms with van der Waals surface area (Å²) < 4.78 is 11.7. The fourth-order valence-corrected chi connectivity index (χ4v) is 3.62. The molecule has 1 N–H and O–H groups in total. The number of amides is 1. The van der Waals surface area contributed by atoms with Crippen LogP contribution in [-0.2, 0) is 17.6 Å². The fraction of sp³-hybridized carbons (Fsp3) is 0.300. The van der Waals surface area contributed by atoms with Crippen molar-refractivity contribution in [2.75, 3.05) is 13.7 Å². The van der Waals surface area contributed by atoms with Crippen LogP contribution in [0.5, 0.6) is 11.5 Å². The topological polar surface area (TPSA) is 59.9 Å². The van der Waals surface area contributed by atoms with Crippen LogP contribution < -0.4 is 14.9 Å². The van der Waals surface area contributed by atoms with Gasteiger partial charge in [0, 0.05) is 0 Å². The Balaban J connectivity index is 1.51. The van der Waals surface area contributed by atoms with E-state index >= 15 is 0 Å². The van der Waals surface area contributed by atoms with Crippen molar-refractivity contribution in [3.8, 4) is 11.5 Å². The normalized spacial score (nSPS) is 13.3. The number of hydrogen-bond donors (Lipinski definition) is 1. The number of rotatable bonds is 6. The van der Waals surface area contributed by atoms with E-state index in [1.807, 2.05) is 30.3 Å². The number of fused-ring (bicyclic) bond motifs is 1. The number of carbonyl (C=O) groups is 1. The predicted octanol–water partition coefficient (Wildman–Crippen LogP) is 3.87. The number of methoxy groups -OCH3 is 1. The van der Waals surface area contributed by atoms with E-state index in [0.29, 0.717) is 5.75 Å². The number of hydrazone groups is 1. The molecule has 0 aromatic heterocycles. The van der Waals surface area contributed by atoms with E-state index in [-0.39, 0.29) is 12.5 Å². The molecule has 0 saturated carbocycles. The summed E-state index contributed by atoms with van der Waals surface area (Å²) in [5.41, 5.74) is 6.00. The van der Waals surface area contributed by atoms with Gasteiger partial charge in [0.25, 0.3) is 5.91 Å². The lowest BCUT2D eigenvalue weighted by Gasteiger charge is -2.19. The molecule has 0 unspecified atom stereocenters. The second kappa shape index (κ2) is 8.85. The fourth-order valence-electron chi connectivity index (χ4n) is 2.92. The van der Waals surface area contributed by atoms with Gasteiger partial charge < -0.3 is 9.47 Å². The van der Waals surface area contributed by atoms with E-state index < -0.39 is 0 Å². The van der Waals surface area contributed by atoms with Crippen LogP contribution >= 0.6 is 15.9 Å². The maximum absolute atomic E-state index is 11.9. The highest BCUT2D eigenvalue weighted by molar-refractivity contribution is 9.10. The van der Waals surface area contributed by atoms with Crippen molar-refractivity contribution >= 4 is 28.1 Å². The molecule has 0 heterocycles. The standard InChI is InChI=1S/C20H21BrN2O3/c1-25-16-9-6-14(7-10-16)12-22-23-19(24)13-26-18-11-8-15-4-2-3-5-17(15)20(18)21/h6-12H,2-5,13H2,1H3,(H,23,24)/b22-12-. The van der Waals surface area contributed by atoms with Crippen LogP contribution in [0.25, 0.3) is 0 Å². The second-order valence-corrected chi connectivity index (χ2v) is 6.87. The number of halogens is 1. The molecule has 0 radical (unpaired) electrons. The summed E-state index contributed by atoms with van der Waals surface area (Å²) in [7, 11) is 1.62. The molecule has 26 heavy (non-hydrogen) atoms. The zero-order valence-electron chi connectivity index (χ0n) is 14.6. The molecule has 0 atom stereocenters. The third-order valence-electron chi connectivity index (χ3n) is 4.31. The van der Waals surface area contributed by atoms with E-state index in [1.54, 1.807) is 13.3 Å².